The molecule has 0 heterocycles. The van der Waals surface area contributed by atoms with Crippen molar-refractivity contribution < 1.29 is 9.53 Å². The maximum atomic E-state index is 12.4. The summed E-state index contributed by atoms with van der Waals surface area (Å²) < 4.78 is 5.96. The SMILES string of the molecule is CCCCCCCCC[C@H](CCCCCCC[C@H]1C[C@@H]1CCCCCCCC)OC(=O)CCCN(C)C. The fourth-order valence-corrected chi connectivity index (χ4v) is 5.89. The first-order chi connectivity index (χ1) is 18.1. The highest BCUT2D eigenvalue weighted by molar-refractivity contribution is 5.69. The van der Waals surface area contributed by atoms with Crippen molar-refractivity contribution in [1.29, 1.82) is 0 Å². The van der Waals surface area contributed by atoms with E-state index in [0.29, 0.717) is 6.42 Å². The zero-order valence-corrected chi connectivity index (χ0v) is 25.9. The summed E-state index contributed by atoms with van der Waals surface area (Å²) in [5, 5.41) is 0. The fraction of sp³-hybridized carbons (Fsp3) is 0.971. The van der Waals surface area contributed by atoms with Gasteiger partial charge in [0.2, 0.25) is 0 Å². The highest BCUT2D eigenvalue weighted by Crippen LogP contribution is 2.45. The van der Waals surface area contributed by atoms with Gasteiger partial charge in [0, 0.05) is 6.42 Å². The predicted octanol–water partition coefficient (Wildman–Crippen LogP) is 10.5. The van der Waals surface area contributed by atoms with Gasteiger partial charge in [-0.25, -0.2) is 0 Å². The lowest BCUT2D eigenvalue weighted by Gasteiger charge is -2.18. The van der Waals surface area contributed by atoms with Gasteiger partial charge in [0.15, 0.2) is 0 Å². The molecule has 1 aliphatic rings. The Morgan fingerprint density at radius 3 is 1.54 bits per heavy atom. The molecule has 0 aliphatic heterocycles. The molecular formula is C34H67NO2. The topological polar surface area (TPSA) is 29.5 Å². The van der Waals surface area contributed by atoms with Crippen LogP contribution >= 0.6 is 0 Å². The highest BCUT2D eigenvalue weighted by Gasteiger charge is 2.35. The van der Waals surface area contributed by atoms with E-state index in [2.05, 4.69) is 32.8 Å². The van der Waals surface area contributed by atoms with Crippen molar-refractivity contribution in [2.45, 2.75) is 180 Å². The third-order valence-electron chi connectivity index (χ3n) is 8.51. The molecule has 0 unspecified atom stereocenters. The molecule has 0 aromatic heterocycles. The highest BCUT2D eigenvalue weighted by atomic mass is 16.5. The molecule has 0 saturated heterocycles. The summed E-state index contributed by atoms with van der Waals surface area (Å²) in [4.78, 5) is 14.5. The Bertz CT molecular complexity index is 506. The maximum absolute atomic E-state index is 12.4. The number of unbranched alkanes of at least 4 members (excludes halogenated alkanes) is 15. The number of hydrogen-bond acceptors (Lipinski definition) is 3. The van der Waals surface area contributed by atoms with Crippen LogP contribution in [0.5, 0.6) is 0 Å². The number of hydrogen-bond donors (Lipinski definition) is 0. The Labute approximate surface area is 233 Å². The van der Waals surface area contributed by atoms with E-state index in [9.17, 15) is 4.79 Å². The van der Waals surface area contributed by atoms with E-state index < -0.39 is 0 Å². The average molecular weight is 522 g/mol. The van der Waals surface area contributed by atoms with Gasteiger partial charge in [0.05, 0.1) is 0 Å². The van der Waals surface area contributed by atoms with Crippen LogP contribution in [0.1, 0.15) is 174 Å². The van der Waals surface area contributed by atoms with Gasteiger partial charge in [-0.1, -0.05) is 129 Å². The van der Waals surface area contributed by atoms with Crippen molar-refractivity contribution in [2.75, 3.05) is 20.6 Å². The molecule has 220 valence electrons. The molecule has 0 spiro atoms. The molecule has 0 radical (unpaired) electrons. The van der Waals surface area contributed by atoms with Gasteiger partial charge in [0.1, 0.15) is 6.10 Å². The first-order valence-corrected chi connectivity index (χ1v) is 16.9. The number of carbonyl (C=O) groups is 1. The van der Waals surface area contributed by atoms with E-state index in [1.807, 2.05) is 0 Å². The van der Waals surface area contributed by atoms with Crippen molar-refractivity contribution in [1.82, 2.24) is 4.90 Å². The van der Waals surface area contributed by atoms with E-state index in [0.717, 1.165) is 37.6 Å². The third-order valence-corrected chi connectivity index (χ3v) is 8.51. The second kappa shape index (κ2) is 24.5. The zero-order valence-electron chi connectivity index (χ0n) is 25.9. The number of ether oxygens (including phenoxy) is 1. The van der Waals surface area contributed by atoms with Gasteiger partial charge in [-0.15, -0.1) is 0 Å². The van der Waals surface area contributed by atoms with E-state index in [4.69, 9.17) is 4.74 Å². The summed E-state index contributed by atoms with van der Waals surface area (Å²) in [6.45, 7) is 5.53. The molecule has 0 aromatic carbocycles. The smallest absolute Gasteiger partial charge is 0.306 e. The molecule has 0 amide bonds. The zero-order chi connectivity index (χ0) is 27.0. The number of rotatable bonds is 28. The van der Waals surface area contributed by atoms with Crippen LogP contribution in [0.2, 0.25) is 0 Å². The monoisotopic (exact) mass is 522 g/mol. The Morgan fingerprint density at radius 1 is 0.649 bits per heavy atom. The molecule has 3 atom stereocenters. The molecule has 1 aliphatic carbocycles. The second-order valence-electron chi connectivity index (χ2n) is 12.6. The molecule has 1 fully saturated rings. The maximum Gasteiger partial charge on any atom is 0.306 e. The Morgan fingerprint density at radius 2 is 1.08 bits per heavy atom. The first-order valence-electron chi connectivity index (χ1n) is 16.9. The van der Waals surface area contributed by atoms with Crippen LogP contribution in [0.3, 0.4) is 0 Å². The standard InChI is InChI=1S/C34H67NO2/c1-5-7-9-11-13-17-21-26-33(37-34(36)28-23-29-35(3)4)27-22-18-14-16-20-25-32-30-31(32)24-19-15-12-10-8-6-2/h31-33H,5-30H2,1-4H3/t31-,32-,33+/m0/s1. The lowest BCUT2D eigenvalue weighted by molar-refractivity contribution is -0.150. The summed E-state index contributed by atoms with van der Waals surface area (Å²) in [5.41, 5.74) is 0. The molecule has 0 aromatic rings. The van der Waals surface area contributed by atoms with Gasteiger partial charge in [-0.2, -0.15) is 0 Å². The Kier molecular flexibility index (Phi) is 22.8. The molecule has 1 saturated carbocycles. The van der Waals surface area contributed by atoms with Crippen molar-refractivity contribution in [2.24, 2.45) is 11.8 Å². The van der Waals surface area contributed by atoms with Crippen molar-refractivity contribution in [3.8, 4) is 0 Å². The number of carbonyl (C=O) groups excluding carboxylic acids is 1. The lowest BCUT2D eigenvalue weighted by atomic mass is 10.0. The van der Waals surface area contributed by atoms with Crippen LogP contribution in [0.25, 0.3) is 0 Å². The minimum atomic E-state index is 0.0229. The summed E-state index contributed by atoms with van der Waals surface area (Å²) in [5.74, 6) is 2.16. The van der Waals surface area contributed by atoms with Crippen LogP contribution in [-0.2, 0) is 9.53 Å². The minimum absolute atomic E-state index is 0.0229. The van der Waals surface area contributed by atoms with Gasteiger partial charge in [-0.05, 0) is 71.0 Å². The first kappa shape index (κ1) is 34.5. The van der Waals surface area contributed by atoms with Crippen LogP contribution < -0.4 is 0 Å². The van der Waals surface area contributed by atoms with Gasteiger partial charge in [-0.3, -0.25) is 4.79 Å². The van der Waals surface area contributed by atoms with E-state index in [1.54, 1.807) is 0 Å². The quantitative estimate of drug-likeness (QED) is 0.0757. The van der Waals surface area contributed by atoms with Crippen LogP contribution in [-0.4, -0.2) is 37.6 Å². The number of nitrogens with zero attached hydrogens (tertiary/aromatic N) is 1. The fourth-order valence-electron chi connectivity index (χ4n) is 5.89. The van der Waals surface area contributed by atoms with Crippen molar-refractivity contribution in [3.05, 3.63) is 0 Å². The van der Waals surface area contributed by atoms with E-state index in [-0.39, 0.29) is 12.1 Å². The van der Waals surface area contributed by atoms with Crippen molar-refractivity contribution in [3.63, 3.8) is 0 Å². The summed E-state index contributed by atoms with van der Waals surface area (Å²) in [6, 6.07) is 0. The molecule has 0 N–H and O–H groups in total. The lowest BCUT2D eigenvalue weighted by Crippen LogP contribution is -2.20. The molecule has 0 bridgehead atoms. The largest absolute Gasteiger partial charge is 0.462 e. The summed E-state index contributed by atoms with van der Waals surface area (Å²) in [7, 11) is 4.13. The molecule has 37 heavy (non-hydrogen) atoms. The molecule has 3 nitrogen and oxygen atoms in total. The average Bonchev–Trinajstić information content (AvgIpc) is 3.62. The second-order valence-corrected chi connectivity index (χ2v) is 12.6. The normalized spacial score (nSPS) is 17.9. The minimum Gasteiger partial charge on any atom is -0.462 e. The molecular weight excluding hydrogens is 454 g/mol. The van der Waals surface area contributed by atoms with Crippen LogP contribution in [0, 0.1) is 11.8 Å². The Balaban J connectivity index is 2.09. The summed E-state index contributed by atoms with van der Waals surface area (Å²) in [6.07, 6.45) is 32.8. The van der Waals surface area contributed by atoms with Gasteiger partial charge in [0.25, 0.3) is 0 Å². The predicted molar refractivity (Wildman–Crippen MR) is 162 cm³/mol. The van der Waals surface area contributed by atoms with Crippen LogP contribution in [0.4, 0.5) is 0 Å². The molecule has 3 heteroatoms. The molecule has 1 rings (SSSR count). The van der Waals surface area contributed by atoms with Crippen LogP contribution in [0.15, 0.2) is 0 Å². The summed E-state index contributed by atoms with van der Waals surface area (Å²) >= 11 is 0. The van der Waals surface area contributed by atoms with Gasteiger partial charge >= 0.3 is 5.97 Å². The van der Waals surface area contributed by atoms with E-state index in [1.165, 1.54) is 135 Å². The van der Waals surface area contributed by atoms with E-state index >= 15 is 0 Å². The number of esters is 1. The third kappa shape index (κ3) is 22.0. The Hall–Kier alpha value is -0.570. The van der Waals surface area contributed by atoms with Gasteiger partial charge < -0.3 is 9.64 Å². The van der Waals surface area contributed by atoms with Crippen molar-refractivity contribution >= 4 is 5.97 Å².